The van der Waals surface area contributed by atoms with E-state index in [1.54, 1.807) is 44.3 Å². The van der Waals surface area contributed by atoms with Crippen molar-refractivity contribution < 1.29 is 18.4 Å². The lowest BCUT2D eigenvalue weighted by molar-refractivity contribution is 0.0963. The Labute approximate surface area is 230 Å². The summed E-state index contributed by atoms with van der Waals surface area (Å²) in [4.78, 5) is 29.6. The summed E-state index contributed by atoms with van der Waals surface area (Å²) in [5.41, 5.74) is 2.60. The number of nitrogens with one attached hydrogen (secondary N) is 3. The number of likely N-dealkylation sites (N-methyl/N-ethyl adjacent to an activating group) is 1. The molecule has 4 aromatic rings. The van der Waals surface area contributed by atoms with Crippen LogP contribution < -0.4 is 25.6 Å². The summed E-state index contributed by atoms with van der Waals surface area (Å²) in [7, 11) is 3.69. The zero-order valence-corrected chi connectivity index (χ0v) is 22.4. The van der Waals surface area contributed by atoms with Gasteiger partial charge in [-0.2, -0.15) is 9.97 Å². The zero-order chi connectivity index (χ0) is 28.1. The smallest absolute Gasteiger partial charge is 0.253 e. The maximum absolute atomic E-state index is 14.6. The van der Waals surface area contributed by atoms with Gasteiger partial charge in [0.2, 0.25) is 17.7 Å². The molecule has 2 aromatic heterocycles. The lowest BCUT2D eigenvalue weighted by Gasteiger charge is -2.35. The molecule has 3 N–H and O–H groups in total. The lowest BCUT2D eigenvalue weighted by Crippen LogP contribution is -2.45. The van der Waals surface area contributed by atoms with E-state index in [4.69, 9.17) is 9.26 Å². The molecule has 1 aliphatic rings. The maximum Gasteiger partial charge on any atom is 0.253 e. The first-order valence-electron chi connectivity index (χ1n) is 12.8. The number of rotatable bonds is 9. The molecule has 0 spiro atoms. The highest BCUT2D eigenvalue weighted by atomic mass is 19.1. The molecule has 0 radical (unpaired) electrons. The fourth-order valence-corrected chi connectivity index (χ4v) is 4.22. The van der Waals surface area contributed by atoms with Gasteiger partial charge >= 0.3 is 0 Å². The first-order chi connectivity index (χ1) is 19.4. The summed E-state index contributed by atoms with van der Waals surface area (Å²) in [5, 5.41) is 12.5. The fraction of sp³-hybridized carbons (Fsp3) is 0.296. The summed E-state index contributed by atoms with van der Waals surface area (Å²) in [6.45, 7) is 5.36. The van der Waals surface area contributed by atoms with Gasteiger partial charge in [-0.15, -0.1) is 0 Å². The largest absolute Gasteiger partial charge is 0.485 e. The van der Waals surface area contributed by atoms with E-state index in [1.165, 1.54) is 0 Å². The predicted octanol–water partition coefficient (Wildman–Crippen LogP) is 3.48. The van der Waals surface area contributed by atoms with Crippen molar-refractivity contribution in [3.63, 3.8) is 0 Å². The predicted molar refractivity (Wildman–Crippen MR) is 148 cm³/mol. The Morgan fingerprint density at radius 1 is 1.05 bits per heavy atom. The number of ether oxygens (including phenoxy) is 1. The van der Waals surface area contributed by atoms with Crippen LogP contribution in [0.3, 0.4) is 0 Å². The molecule has 0 saturated carbocycles. The Morgan fingerprint density at radius 3 is 2.50 bits per heavy atom. The van der Waals surface area contributed by atoms with Crippen LogP contribution in [0.25, 0.3) is 0 Å². The number of aryl methyl sites for hydroxylation is 1. The van der Waals surface area contributed by atoms with Gasteiger partial charge in [0.25, 0.3) is 5.91 Å². The van der Waals surface area contributed by atoms with Gasteiger partial charge in [0.1, 0.15) is 5.75 Å². The van der Waals surface area contributed by atoms with E-state index in [9.17, 15) is 9.18 Å². The van der Waals surface area contributed by atoms with Crippen molar-refractivity contribution in [2.45, 2.75) is 13.5 Å². The van der Waals surface area contributed by atoms with E-state index in [0.29, 0.717) is 34.4 Å². The molecular weight excluding hydrogens is 517 g/mol. The van der Waals surface area contributed by atoms with Crippen LogP contribution in [-0.4, -0.2) is 71.2 Å². The van der Waals surface area contributed by atoms with E-state index in [-0.39, 0.29) is 24.3 Å². The van der Waals surface area contributed by atoms with Crippen molar-refractivity contribution in [2.24, 2.45) is 0 Å². The van der Waals surface area contributed by atoms with Crippen molar-refractivity contribution >= 4 is 34.7 Å². The monoisotopic (exact) mass is 547 g/mol. The van der Waals surface area contributed by atoms with Crippen molar-refractivity contribution in [1.29, 1.82) is 0 Å². The highest BCUT2D eigenvalue weighted by Gasteiger charge is 2.20. The number of hydrogen-bond acceptors (Lipinski definition) is 11. The number of carbonyl (C=O) groups excluding carboxylic acids is 1. The van der Waals surface area contributed by atoms with Gasteiger partial charge in [-0.3, -0.25) is 4.79 Å². The molecule has 0 bridgehead atoms. The minimum Gasteiger partial charge on any atom is -0.485 e. The SMILES string of the molecule is CNC(=O)c1cc(Nc2ncc(F)c(Nc3ccc(OCc4noc(C)n4)cc3)n2)ccc1N1CCN(C)CC1. The Bertz CT molecular complexity index is 1470. The van der Waals surface area contributed by atoms with Crippen LogP contribution in [0, 0.1) is 12.7 Å². The van der Waals surface area contributed by atoms with Crippen LogP contribution in [0.5, 0.6) is 5.75 Å². The van der Waals surface area contributed by atoms with Crippen LogP contribution in [-0.2, 0) is 6.61 Å². The Balaban J connectivity index is 1.27. The molecule has 1 saturated heterocycles. The van der Waals surface area contributed by atoms with Gasteiger partial charge < -0.3 is 35.0 Å². The molecule has 0 aliphatic carbocycles. The maximum atomic E-state index is 14.6. The van der Waals surface area contributed by atoms with Crippen LogP contribution >= 0.6 is 0 Å². The Kier molecular flexibility index (Phi) is 8.01. The van der Waals surface area contributed by atoms with E-state index in [0.717, 1.165) is 38.1 Å². The molecule has 1 amide bonds. The highest BCUT2D eigenvalue weighted by Crippen LogP contribution is 2.28. The second kappa shape index (κ2) is 11.9. The Hall–Kier alpha value is -4.78. The van der Waals surface area contributed by atoms with Crippen molar-refractivity contribution in [3.05, 3.63) is 71.8 Å². The molecule has 2 aromatic carbocycles. The average molecular weight is 548 g/mol. The van der Waals surface area contributed by atoms with Crippen molar-refractivity contribution in [3.8, 4) is 5.75 Å². The molecule has 12 nitrogen and oxygen atoms in total. The molecular formula is C27H30FN9O3. The van der Waals surface area contributed by atoms with Crippen molar-refractivity contribution in [2.75, 3.05) is 55.8 Å². The molecule has 3 heterocycles. The topological polar surface area (TPSA) is 134 Å². The first-order valence-corrected chi connectivity index (χ1v) is 12.8. The lowest BCUT2D eigenvalue weighted by atomic mass is 10.1. The summed E-state index contributed by atoms with van der Waals surface area (Å²) in [6, 6.07) is 12.4. The summed E-state index contributed by atoms with van der Waals surface area (Å²) < 4.78 is 25.1. The third-order valence-electron chi connectivity index (χ3n) is 6.37. The molecule has 0 atom stereocenters. The molecule has 13 heteroatoms. The molecule has 1 fully saturated rings. The number of carbonyl (C=O) groups is 1. The third kappa shape index (κ3) is 6.43. The number of amides is 1. The van der Waals surface area contributed by atoms with E-state index in [2.05, 4.69) is 52.9 Å². The minimum atomic E-state index is -0.616. The van der Waals surface area contributed by atoms with Crippen LogP contribution in [0.1, 0.15) is 22.1 Å². The van der Waals surface area contributed by atoms with Gasteiger partial charge in [-0.05, 0) is 49.5 Å². The standard InChI is InChI=1S/C27H30FN9O3/c1-17-31-24(35-40-17)16-39-20-7-4-18(5-8-20)32-25-22(28)15-30-27(34-25)33-19-6-9-23(21(14-19)26(38)29-2)37-12-10-36(3)11-13-37/h4-9,14-15H,10-13,16H2,1-3H3,(H,29,38)(H2,30,32,33,34). The molecule has 5 rings (SSSR count). The highest BCUT2D eigenvalue weighted by molar-refractivity contribution is 6.00. The molecule has 0 unspecified atom stereocenters. The normalized spacial score (nSPS) is 13.7. The van der Waals surface area contributed by atoms with Gasteiger partial charge in [0, 0.05) is 57.2 Å². The van der Waals surface area contributed by atoms with Gasteiger partial charge in [-0.1, -0.05) is 5.16 Å². The molecule has 40 heavy (non-hydrogen) atoms. The quantitative estimate of drug-likeness (QED) is 0.284. The van der Waals surface area contributed by atoms with E-state index < -0.39 is 5.82 Å². The molecule has 1 aliphatic heterocycles. The van der Waals surface area contributed by atoms with Gasteiger partial charge in [-0.25, -0.2) is 9.37 Å². The third-order valence-corrected chi connectivity index (χ3v) is 6.37. The number of aromatic nitrogens is 4. The van der Waals surface area contributed by atoms with Crippen molar-refractivity contribution in [1.82, 2.24) is 30.3 Å². The summed E-state index contributed by atoms with van der Waals surface area (Å²) in [6.07, 6.45) is 1.08. The second-order valence-corrected chi connectivity index (χ2v) is 9.28. The summed E-state index contributed by atoms with van der Waals surface area (Å²) >= 11 is 0. The summed E-state index contributed by atoms with van der Waals surface area (Å²) in [5.74, 6) is 0.858. The van der Waals surface area contributed by atoms with E-state index >= 15 is 0 Å². The number of piperazine rings is 1. The molecule has 208 valence electrons. The van der Waals surface area contributed by atoms with E-state index in [1.807, 2.05) is 12.1 Å². The second-order valence-electron chi connectivity index (χ2n) is 9.28. The van der Waals surface area contributed by atoms with Gasteiger partial charge in [0.15, 0.2) is 18.2 Å². The van der Waals surface area contributed by atoms with Crippen LogP contribution in [0.15, 0.2) is 53.2 Å². The minimum absolute atomic E-state index is 0.00554. The fourth-order valence-electron chi connectivity index (χ4n) is 4.22. The van der Waals surface area contributed by atoms with Crippen LogP contribution in [0.2, 0.25) is 0 Å². The number of anilines is 5. The number of benzene rings is 2. The van der Waals surface area contributed by atoms with Crippen LogP contribution in [0.4, 0.5) is 33.2 Å². The Morgan fingerprint density at radius 2 is 1.80 bits per heavy atom. The number of nitrogens with zero attached hydrogens (tertiary/aromatic N) is 6. The zero-order valence-electron chi connectivity index (χ0n) is 22.4. The number of halogens is 1. The first kappa shape index (κ1) is 26.8. The average Bonchev–Trinajstić information content (AvgIpc) is 3.39. The number of hydrogen-bond donors (Lipinski definition) is 3. The van der Waals surface area contributed by atoms with Gasteiger partial charge in [0.05, 0.1) is 11.8 Å².